The molecule has 0 amide bonds. The van der Waals surface area contributed by atoms with Crippen molar-refractivity contribution in [3.63, 3.8) is 0 Å². The zero-order chi connectivity index (χ0) is 8.20. The molecule has 0 aromatic carbocycles. The number of rotatable bonds is 4. The number of aliphatic hydroxyl groups excluding tert-OH is 1. The van der Waals surface area contributed by atoms with Crippen LogP contribution >= 0.6 is 0 Å². The molecule has 1 unspecified atom stereocenters. The smallest absolute Gasteiger partial charge is 0.0512 e. The Morgan fingerprint density at radius 3 is 2.40 bits per heavy atom. The lowest BCUT2D eigenvalue weighted by Crippen LogP contribution is -2.10. The Labute approximate surface area is 63.8 Å². The Morgan fingerprint density at radius 2 is 2.10 bits per heavy atom. The molecule has 60 valence electrons. The molecule has 0 heterocycles. The third-order valence-electron chi connectivity index (χ3n) is 1.76. The zero-order valence-electron chi connectivity index (χ0n) is 7.22. The van der Waals surface area contributed by atoms with Gasteiger partial charge in [0.1, 0.15) is 0 Å². The maximum Gasteiger partial charge on any atom is 0.0512 e. The van der Waals surface area contributed by atoms with Crippen molar-refractivity contribution in [1.82, 2.24) is 0 Å². The van der Waals surface area contributed by atoms with Gasteiger partial charge in [-0.2, -0.15) is 0 Å². The van der Waals surface area contributed by atoms with Gasteiger partial charge in [0, 0.05) is 0 Å². The van der Waals surface area contributed by atoms with Crippen molar-refractivity contribution in [1.29, 1.82) is 0 Å². The van der Waals surface area contributed by atoms with Crippen LogP contribution in [0.1, 0.15) is 33.6 Å². The van der Waals surface area contributed by atoms with Crippen molar-refractivity contribution < 1.29 is 5.11 Å². The monoisotopic (exact) mass is 142 g/mol. The fourth-order valence-corrected chi connectivity index (χ4v) is 0.683. The maximum absolute atomic E-state index is 8.98. The van der Waals surface area contributed by atoms with Crippen LogP contribution in [0, 0.1) is 5.41 Å². The summed E-state index contributed by atoms with van der Waals surface area (Å²) in [5, 5.41) is 8.98. The quantitative estimate of drug-likeness (QED) is 0.597. The molecule has 0 spiro atoms. The highest BCUT2D eigenvalue weighted by atomic mass is 16.3. The van der Waals surface area contributed by atoms with E-state index in [-0.39, 0.29) is 11.5 Å². The Bertz CT molecular complexity index is 103. The second-order valence-electron chi connectivity index (χ2n) is 3.58. The lowest BCUT2D eigenvalue weighted by Gasteiger charge is -2.19. The fraction of sp³-hybridized carbons (Fsp3) is 0.778. The van der Waals surface area contributed by atoms with Gasteiger partial charge in [-0.3, -0.25) is 0 Å². The SMILES string of the molecule is C=CC(C)(C)CCC(C)O. The second-order valence-corrected chi connectivity index (χ2v) is 3.58. The summed E-state index contributed by atoms with van der Waals surface area (Å²) in [5.41, 5.74) is 0.178. The average molecular weight is 142 g/mol. The summed E-state index contributed by atoms with van der Waals surface area (Å²) in [6.45, 7) is 9.80. The molecule has 1 atom stereocenters. The zero-order valence-corrected chi connectivity index (χ0v) is 7.22. The van der Waals surface area contributed by atoms with Crippen LogP contribution in [-0.4, -0.2) is 11.2 Å². The molecule has 0 fully saturated rings. The van der Waals surface area contributed by atoms with E-state index in [9.17, 15) is 0 Å². The number of hydrogen-bond donors (Lipinski definition) is 1. The van der Waals surface area contributed by atoms with Gasteiger partial charge >= 0.3 is 0 Å². The van der Waals surface area contributed by atoms with E-state index in [1.165, 1.54) is 0 Å². The highest BCUT2D eigenvalue weighted by Crippen LogP contribution is 2.23. The van der Waals surface area contributed by atoms with E-state index < -0.39 is 0 Å². The fourth-order valence-electron chi connectivity index (χ4n) is 0.683. The number of aliphatic hydroxyl groups is 1. The highest BCUT2D eigenvalue weighted by molar-refractivity contribution is 4.87. The summed E-state index contributed by atoms with van der Waals surface area (Å²) >= 11 is 0. The molecule has 0 aromatic rings. The van der Waals surface area contributed by atoms with Gasteiger partial charge in [0.05, 0.1) is 6.10 Å². The van der Waals surface area contributed by atoms with E-state index in [4.69, 9.17) is 5.11 Å². The van der Waals surface area contributed by atoms with Gasteiger partial charge in [-0.25, -0.2) is 0 Å². The summed E-state index contributed by atoms with van der Waals surface area (Å²) < 4.78 is 0. The second kappa shape index (κ2) is 3.77. The largest absolute Gasteiger partial charge is 0.393 e. The lowest BCUT2D eigenvalue weighted by atomic mass is 9.87. The molecular weight excluding hydrogens is 124 g/mol. The first-order valence-electron chi connectivity index (χ1n) is 3.79. The van der Waals surface area contributed by atoms with Crippen molar-refractivity contribution in [3.05, 3.63) is 12.7 Å². The van der Waals surface area contributed by atoms with E-state index in [1.54, 1.807) is 0 Å². The van der Waals surface area contributed by atoms with Crippen LogP contribution in [0.25, 0.3) is 0 Å². The molecule has 0 radical (unpaired) electrons. The molecule has 1 nitrogen and oxygen atoms in total. The third-order valence-corrected chi connectivity index (χ3v) is 1.76. The first-order chi connectivity index (χ1) is 4.48. The van der Waals surface area contributed by atoms with Crippen LogP contribution in [0.15, 0.2) is 12.7 Å². The van der Waals surface area contributed by atoms with Crippen LogP contribution in [0.2, 0.25) is 0 Å². The van der Waals surface area contributed by atoms with Crippen LogP contribution < -0.4 is 0 Å². The molecule has 1 heteroatoms. The van der Waals surface area contributed by atoms with Gasteiger partial charge in [-0.15, -0.1) is 6.58 Å². The maximum atomic E-state index is 8.98. The molecule has 0 aromatic heterocycles. The summed E-state index contributed by atoms with van der Waals surface area (Å²) in [6, 6.07) is 0. The van der Waals surface area contributed by atoms with Crippen LogP contribution in [0.4, 0.5) is 0 Å². The molecule has 0 aliphatic rings. The molecule has 0 saturated heterocycles. The number of hydrogen-bond acceptors (Lipinski definition) is 1. The van der Waals surface area contributed by atoms with Crippen molar-refractivity contribution in [2.24, 2.45) is 5.41 Å². The predicted molar refractivity (Wildman–Crippen MR) is 44.9 cm³/mol. The van der Waals surface area contributed by atoms with E-state index in [0.717, 1.165) is 12.8 Å². The van der Waals surface area contributed by atoms with E-state index in [1.807, 2.05) is 13.0 Å². The minimum Gasteiger partial charge on any atom is -0.393 e. The van der Waals surface area contributed by atoms with Crippen molar-refractivity contribution >= 4 is 0 Å². The first kappa shape index (κ1) is 9.70. The van der Waals surface area contributed by atoms with Gasteiger partial charge in [0.15, 0.2) is 0 Å². The first-order valence-corrected chi connectivity index (χ1v) is 3.79. The van der Waals surface area contributed by atoms with Crippen LogP contribution in [-0.2, 0) is 0 Å². The molecule has 10 heavy (non-hydrogen) atoms. The van der Waals surface area contributed by atoms with Crippen molar-refractivity contribution in [3.8, 4) is 0 Å². The van der Waals surface area contributed by atoms with Gasteiger partial charge in [-0.05, 0) is 25.2 Å². The molecule has 0 aliphatic heterocycles. The molecule has 0 rings (SSSR count). The minimum absolute atomic E-state index is 0.178. The Hall–Kier alpha value is -0.300. The molecule has 0 bridgehead atoms. The summed E-state index contributed by atoms with van der Waals surface area (Å²) in [6.07, 6.45) is 3.63. The van der Waals surface area contributed by atoms with E-state index >= 15 is 0 Å². The Morgan fingerprint density at radius 1 is 1.60 bits per heavy atom. The van der Waals surface area contributed by atoms with Gasteiger partial charge in [-0.1, -0.05) is 19.9 Å². The normalized spacial score (nSPS) is 14.8. The van der Waals surface area contributed by atoms with E-state index in [2.05, 4.69) is 20.4 Å². The standard InChI is InChI=1S/C9H18O/c1-5-9(3,4)7-6-8(2)10/h5,8,10H,1,6-7H2,2-4H3. The van der Waals surface area contributed by atoms with Gasteiger partial charge < -0.3 is 5.11 Å². The molecular formula is C9H18O. The van der Waals surface area contributed by atoms with Gasteiger partial charge in [0.2, 0.25) is 0 Å². The lowest BCUT2D eigenvalue weighted by molar-refractivity contribution is 0.168. The van der Waals surface area contributed by atoms with Crippen molar-refractivity contribution in [2.75, 3.05) is 0 Å². The number of allylic oxidation sites excluding steroid dienone is 1. The van der Waals surface area contributed by atoms with Crippen molar-refractivity contribution in [2.45, 2.75) is 39.7 Å². The minimum atomic E-state index is -0.181. The summed E-state index contributed by atoms with van der Waals surface area (Å²) in [7, 11) is 0. The predicted octanol–water partition coefficient (Wildman–Crippen LogP) is 2.36. The topological polar surface area (TPSA) is 20.2 Å². The molecule has 0 saturated carbocycles. The average Bonchev–Trinajstić information content (AvgIpc) is 1.85. The summed E-state index contributed by atoms with van der Waals surface area (Å²) in [5.74, 6) is 0. The third kappa shape index (κ3) is 4.57. The summed E-state index contributed by atoms with van der Waals surface area (Å²) in [4.78, 5) is 0. The van der Waals surface area contributed by atoms with E-state index in [0.29, 0.717) is 0 Å². The Balaban J connectivity index is 3.56. The van der Waals surface area contributed by atoms with Crippen LogP contribution in [0.5, 0.6) is 0 Å². The van der Waals surface area contributed by atoms with Crippen LogP contribution in [0.3, 0.4) is 0 Å². The molecule has 1 N–H and O–H groups in total. The highest BCUT2D eigenvalue weighted by Gasteiger charge is 2.12. The molecule has 0 aliphatic carbocycles. The Kier molecular flexibility index (Phi) is 3.66. The van der Waals surface area contributed by atoms with Gasteiger partial charge in [0.25, 0.3) is 0 Å².